The van der Waals surface area contributed by atoms with Gasteiger partial charge in [-0.15, -0.1) is 0 Å². The maximum Gasteiger partial charge on any atom is 0.331 e. The molecule has 0 heterocycles. The zero-order valence-corrected chi connectivity index (χ0v) is 7.26. The lowest BCUT2D eigenvalue weighted by molar-refractivity contribution is -0.132. The highest BCUT2D eigenvalue weighted by molar-refractivity contribution is 5.86. The number of benzene rings is 1. The van der Waals surface area contributed by atoms with Crippen LogP contribution < -0.4 is 0 Å². The average molecular weight is 198 g/mol. The van der Waals surface area contributed by atoms with Crippen molar-refractivity contribution in [3.05, 3.63) is 47.5 Å². The largest absolute Gasteiger partial charge is 0.478 e. The standard InChI is InChI=1S/C10H8F2O2/c1-6(10(13)14)4-7-2-3-8(11)9(12)5-7/h2-3,5H,1,4H2,(H,13,14). The van der Waals surface area contributed by atoms with Crippen LogP contribution in [0.1, 0.15) is 5.56 Å². The summed E-state index contributed by atoms with van der Waals surface area (Å²) in [7, 11) is 0. The van der Waals surface area contributed by atoms with Gasteiger partial charge in [-0.1, -0.05) is 12.6 Å². The second kappa shape index (κ2) is 4.00. The number of carboxylic acid groups (broad SMARTS) is 1. The Hall–Kier alpha value is -1.71. The van der Waals surface area contributed by atoms with Gasteiger partial charge in [-0.05, 0) is 17.7 Å². The summed E-state index contributed by atoms with van der Waals surface area (Å²) in [5.74, 6) is -3.08. The maximum absolute atomic E-state index is 12.7. The number of hydrogen-bond donors (Lipinski definition) is 1. The molecule has 0 aliphatic heterocycles. The van der Waals surface area contributed by atoms with Gasteiger partial charge in [0.1, 0.15) is 0 Å². The average Bonchev–Trinajstić information content (AvgIpc) is 2.11. The van der Waals surface area contributed by atoms with Crippen molar-refractivity contribution in [2.24, 2.45) is 0 Å². The minimum atomic E-state index is -1.14. The summed E-state index contributed by atoms with van der Waals surface area (Å²) in [5, 5.41) is 8.50. The van der Waals surface area contributed by atoms with Crippen molar-refractivity contribution in [2.75, 3.05) is 0 Å². The lowest BCUT2D eigenvalue weighted by Gasteiger charge is -2.01. The number of rotatable bonds is 3. The molecule has 0 radical (unpaired) electrons. The van der Waals surface area contributed by atoms with E-state index in [2.05, 4.69) is 6.58 Å². The molecule has 0 saturated carbocycles. The SMILES string of the molecule is C=C(Cc1ccc(F)c(F)c1)C(=O)O. The van der Waals surface area contributed by atoms with E-state index in [1.165, 1.54) is 6.07 Å². The Morgan fingerprint density at radius 3 is 2.50 bits per heavy atom. The third-order valence-corrected chi connectivity index (χ3v) is 1.70. The van der Waals surface area contributed by atoms with E-state index in [0.29, 0.717) is 5.56 Å². The first kappa shape index (κ1) is 10.4. The summed E-state index contributed by atoms with van der Waals surface area (Å²) in [6.45, 7) is 3.29. The summed E-state index contributed by atoms with van der Waals surface area (Å²) in [6.07, 6.45) is 0.00648. The van der Waals surface area contributed by atoms with Crippen molar-refractivity contribution in [2.45, 2.75) is 6.42 Å². The van der Waals surface area contributed by atoms with Gasteiger partial charge in [-0.2, -0.15) is 0 Å². The molecule has 0 atom stereocenters. The van der Waals surface area contributed by atoms with Gasteiger partial charge in [0, 0.05) is 12.0 Å². The molecule has 14 heavy (non-hydrogen) atoms. The second-order valence-electron chi connectivity index (χ2n) is 2.83. The van der Waals surface area contributed by atoms with Gasteiger partial charge in [-0.25, -0.2) is 13.6 Å². The predicted octanol–water partition coefficient (Wildman–Crippen LogP) is 2.15. The highest BCUT2D eigenvalue weighted by Crippen LogP contribution is 2.11. The molecule has 0 spiro atoms. The van der Waals surface area contributed by atoms with Gasteiger partial charge in [0.15, 0.2) is 11.6 Å². The minimum Gasteiger partial charge on any atom is -0.478 e. The van der Waals surface area contributed by atoms with Crippen molar-refractivity contribution in [1.29, 1.82) is 0 Å². The second-order valence-corrected chi connectivity index (χ2v) is 2.83. The maximum atomic E-state index is 12.7. The Morgan fingerprint density at radius 1 is 1.36 bits per heavy atom. The van der Waals surface area contributed by atoms with E-state index in [9.17, 15) is 13.6 Å². The number of aliphatic carboxylic acids is 1. The van der Waals surface area contributed by atoms with Crippen LogP contribution in [0.4, 0.5) is 8.78 Å². The first-order chi connectivity index (χ1) is 6.50. The third-order valence-electron chi connectivity index (χ3n) is 1.70. The van der Waals surface area contributed by atoms with E-state index in [4.69, 9.17) is 5.11 Å². The van der Waals surface area contributed by atoms with Crippen LogP contribution in [0.2, 0.25) is 0 Å². The minimum absolute atomic E-state index is 0.00648. The molecule has 74 valence electrons. The lowest BCUT2D eigenvalue weighted by Crippen LogP contribution is -2.02. The molecule has 1 N–H and O–H groups in total. The van der Waals surface area contributed by atoms with E-state index >= 15 is 0 Å². The number of carboxylic acids is 1. The fraction of sp³-hybridized carbons (Fsp3) is 0.100. The molecule has 0 fully saturated rings. The summed E-state index contributed by atoms with van der Waals surface area (Å²) < 4.78 is 25.2. The Balaban J connectivity index is 2.83. The van der Waals surface area contributed by atoms with E-state index in [-0.39, 0.29) is 12.0 Å². The summed E-state index contributed by atoms with van der Waals surface area (Å²) >= 11 is 0. The zero-order valence-electron chi connectivity index (χ0n) is 7.26. The third kappa shape index (κ3) is 2.39. The molecule has 1 rings (SSSR count). The molecule has 2 nitrogen and oxygen atoms in total. The number of carbonyl (C=O) groups is 1. The van der Waals surface area contributed by atoms with Crippen LogP contribution >= 0.6 is 0 Å². The molecule has 1 aromatic rings. The smallest absolute Gasteiger partial charge is 0.331 e. The van der Waals surface area contributed by atoms with Gasteiger partial charge >= 0.3 is 5.97 Å². The Bertz CT molecular complexity index is 386. The molecular weight excluding hydrogens is 190 g/mol. The Labute approximate surface area is 79.5 Å². The van der Waals surface area contributed by atoms with Gasteiger partial charge in [0.2, 0.25) is 0 Å². The fourth-order valence-electron chi connectivity index (χ4n) is 0.972. The van der Waals surface area contributed by atoms with Crippen LogP contribution in [-0.4, -0.2) is 11.1 Å². The van der Waals surface area contributed by atoms with E-state index < -0.39 is 17.6 Å². The molecule has 4 heteroatoms. The van der Waals surface area contributed by atoms with Crippen molar-refractivity contribution in [1.82, 2.24) is 0 Å². The highest BCUT2D eigenvalue weighted by atomic mass is 19.2. The predicted molar refractivity (Wildman–Crippen MR) is 46.8 cm³/mol. The number of hydrogen-bond acceptors (Lipinski definition) is 1. The van der Waals surface area contributed by atoms with E-state index in [0.717, 1.165) is 12.1 Å². The molecular formula is C10H8F2O2. The van der Waals surface area contributed by atoms with E-state index in [1.54, 1.807) is 0 Å². The van der Waals surface area contributed by atoms with Crippen molar-refractivity contribution >= 4 is 5.97 Å². The van der Waals surface area contributed by atoms with Crippen LogP contribution in [-0.2, 0) is 11.2 Å². The van der Waals surface area contributed by atoms with Gasteiger partial charge in [0.25, 0.3) is 0 Å². The summed E-state index contributed by atoms with van der Waals surface area (Å²) in [6, 6.07) is 3.25. The molecule has 0 unspecified atom stereocenters. The highest BCUT2D eigenvalue weighted by Gasteiger charge is 2.07. The Morgan fingerprint density at radius 2 is 2.00 bits per heavy atom. The summed E-state index contributed by atoms with van der Waals surface area (Å²) in [4.78, 5) is 10.4. The first-order valence-electron chi connectivity index (χ1n) is 3.85. The normalized spacial score (nSPS) is 9.86. The van der Waals surface area contributed by atoms with E-state index in [1.807, 2.05) is 0 Å². The van der Waals surface area contributed by atoms with Gasteiger partial charge in [0.05, 0.1) is 0 Å². The van der Waals surface area contributed by atoms with Crippen LogP contribution in [0.5, 0.6) is 0 Å². The molecule has 0 saturated heterocycles. The van der Waals surface area contributed by atoms with Crippen LogP contribution in [0.15, 0.2) is 30.4 Å². The van der Waals surface area contributed by atoms with Crippen molar-refractivity contribution in [3.8, 4) is 0 Å². The summed E-state index contributed by atoms with van der Waals surface area (Å²) in [5.41, 5.74) is 0.326. The van der Waals surface area contributed by atoms with Crippen LogP contribution in [0.25, 0.3) is 0 Å². The van der Waals surface area contributed by atoms with Crippen molar-refractivity contribution < 1.29 is 18.7 Å². The molecule has 0 aliphatic carbocycles. The van der Waals surface area contributed by atoms with Gasteiger partial charge in [-0.3, -0.25) is 0 Å². The van der Waals surface area contributed by atoms with Gasteiger partial charge < -0.3 is 5.11 Å². The van der Waals surface area contributed by atoms with Crippen LogP contribution in [0, 0.1) is 11.6 Å². The monoisotopic (exact) mass is 198 g/mol. The molecule has 1 aromatic carbocycles. The molecule has 0 aliphatic rings. The van der Waals surface area contributed by atoms with Crippen LogP contribution in [0.3, 0.4) is 0 Å². The van der Waals surface area contributed by atoms with Crippen molar-refractivity contribution in [3.63, 3.8) is 0 Å². The molecule has 0 amide bonds. The topological polar surface area (TPSA) is 37.3 Å². The Kier molecular flexibility index (Phi) is 2.96. The molecule has 0 aromatic heterocycles. The fourth-order valence-corrected chi connectivity index (χ4v) is 0.972. The first-order valence-corrected chi connectivity index (χ1v) is 3.85. The number of halogens is 2. The lowest BCUT2D eigenvalue weighted by atomic mass is 10.1. The zero-order chi connectivity index (χ0) is 10.7. The molecule has 0 bridgehead atoms. The quantitative estimate of drug-likeness (QED) is 0.755.